The maximum atomic E-state index is 11.9. The molecule has 8 nitrogen and oxygen atoms in total. The van der Waals surface area contributed by atoms with Crippen molar-refractivity contribution in [2.24, 2.45) is 0 Å². The second-order valence-electron chi connectivity index (χ2n) is 4.88. The number of nitrogens with zero attached hydrogens (tertiary/aromatic N) is 1. The van der Waals surface area contributed by atoms with Gasteiger partial charge in [-0.3, -0.25) is 19.7 Å². The van der Waals surface area contributed by atoms with Gasteiger partial charge in [0.05, 0.1) is 4.92 Å². The molecule has 1 aromatic carbocycles. The van der Waals surface area contributed by atoms with Crippen molar-refractivity contribution in [2.45, 2.75) is 25.3 Å². The lowest BCUT2D eigenvalue weighted by Gasteiger charge is -2.07. The Bertz CT molecular complexity index is 584. The Morgan fingerprint density at radius 3 is 2.71 bits per heavy atom. The number of rotatable bonds is 6. The molecular formula is C13H16N4O4. The minimum Gasteiger partial charge on any atom is -0.399 e. The van der Waals surface area contributed by atoms with Crippen LogP contribution in [0.15, 0.2) is 18.2 Å². The SMILES string of the molecule is Nc1ccc([N+](=O)[O-])c(C(=O)NCCC(=O)NC2CC2)c1. The number of hydrogen-bond acceptors (Lipinski definition) is 5. The van der Waals surface area contributed by atoms with Crippen LogP contribution in [0.5, 0.6) is 0 Å². The lowest BCUT2D eigenvalue weighted by molar-refractivity contribution is -0.385. The molecule has 8 heteroatoms. The van der Waals surface area contributed by atoms with E-state index in [-0.39, 0.29) is 41.9 Å². The number of nitrogens with two attached hydrogens (primary N) is 1. The molecule has 21 heavy (non-hydrogen) atoms. The molecule has 4 N–H and O–H groups in total. The predicted molar refractivity (Wildman–Crippen MR) is 75.6 cm³/mol. The number of carbonyl (C=O) groups is 2. The van der Waals surface area contributed by atoms with Crippen molar-refractivity contribution < 1.29 is 14.5 Å². The van der Waals surface area contributed by atoms with Crippen molar-refractivity contribution in [1.29, 1.82) is 0 Å². The van der Waals surface area contributed by atoms with E-state index < -0.39 is 10.8 Å². The summed E-state index contributed by atoms with van der Waals surface area (Å²) in [7, 11) is 0. The molecule has 1 aliphatic carbocycles. The zero-order valence-corrected chi connectivity index (χ0v) is 11.3. The summed E-state index contributed by atoms with van der Waals surface area (Å²) in [5.41, 5.74) is 5.37. The van der Waals surface area contributed by atoms with Crippen molar-refractivity contribution in [3.63, 3.8) is 0 Å². The highest BCUT2D eigenvalue weighted by molar-refractivity contribution is 5.99. The summed E-state index contributed by atoms with van der Waals surface area (Å²) >= 11 is 0. The molecule has 1 aromatic rings. The Labute approximate surface area is 120 Å². The summed E-state index contributed by atoms with van der Waals surface area (Å²) in [6.07, 6.45) is 2.12. The van der Waals surface area contributed by atoms with E-state index in [4.69, 9.17) is 5.73 Å². The van der Waals surface area contributed by atoms with E-state index in [1.165, 1.54) is 18.2 Å². The van der Waals surface area contributed by atoms with Gasteiger partial charge in [0.1, 0.15) is 5.56 Å². The molecule has 0 radical (unpaired) electrons. The van der Waals surface area contributed by atoms with Crippen LogP contribution in [0.1, 0.15) is 29.6 Å². The molecule has 0 spiro atoms. The molecular weight excluding hydrogens is 276 g/mol. The van der Waals surface area contributed by atoms with Crippen molar-refractivity contribution in [2.75, 3.05) is 12.3 Å². The summed E-state index contributed by atoms with van der Waals surface area (Å²) in [6, 6.07) is 4.06. The van der Waals surface area contributed by atoms with E-state index in [1.54, 1.807) is 0 Å². The maximum absolute atomic E-state index is 11.9. The van der Waals surface area contributed by atoms with Gasteiger partial charge < -0.3 is 16.4 Å². The fourth-order valence-corrected chi connectivity index (χ4v) is 1.81. The average molecular weight is 292 g/mol. The van der Waals surface area contributed by atoms with Gasteiger partial charge in [-0.05, 0) is 25.0 Å². The van der Waals surface area contributed by atoms with Crippen molar-refractivity contribution >= 4 is 23.2 Å². The topological polar surface area (TPSA) is 127 Å². The van der Waals surface area contributed by atoms with Crippen LogP contribution in [0.3, 0.4) is 0 Å². The van der Waals surface area contributed by atoms with Gasteiger partial charge in [-0.2, -0.15) is 0 Å². The Morgan fingerprint density at radius 1 is 1.38 bits per heavy atom. The van der Waals surface area contributed by atoms with Crippen LogP contribution in [0.25, 0.3) is 0 Å². The number of nitrogens with one attached hydrogen (secondary N) is 2. The molecule has 112 valence electrons. The van der Waals surface area contributed by atoms with Gasteiger partial charge in [0, 0.05) is 30.8 Å². The first kappa shape index (κ1) is 14.8. The van der Waals surface area contributed by atoms with Crippen LogP contribution >= 0.6 is 0 Å². The van der Waals surface area contributed by atoms with E-state index in [2.05, 4.69) is 10.6 Å². The number of carbonyl (C=O) groups excluding carboxylic acids is 2. The fourth-order valence-electron chi connectivity index (χ4n) is 1.81. The predicted octanol–water partition coefficient (Wildman–Crippen LogP) is 0.575. The Hall–Kier alpha value is -2.64. The third-order valence-corrected chi connectivity index (χ3v) is 3.04. The molecule has 0 unspecified atom stereocenters. The summed E-state index contributed by atoms with van der Waals surface area (Å²) in [6.45, 7) is 0.114. The molecule has 0 bridgehead atoms. The number of anilines is 1. The highest BCUT2D eigenvalue weighted by Crippen LogP contribution is 2.21. The van der Waals surface area contributed by atoms with Gasteiger partial charge in [-0.1, -0.05) is 0 Å². The largest absolute Gasteiger partial charge is 0.399 e. The summed E-state index contributed by atoms with van der Waals surface area (Å²) in [5.74, 6) is -0.756. The zero-order chi connectivity index (χ0) is 15.4. The minimum absolute atomic E-state index is 0.109. The van der Waals surface area contributed by atoms with E-state index in [0.717, 1.165) is 12.8 Å². The maximum Gasteiger partial charge on any atom is 0.282 e. The van der Waals surface area contributed by atoms with Crippen LogP contribution < -0.4 is 16.4 Å². The van der Waals surface area contributed by atoms with Crippen molar-refractivity contribution in [1.82, 2.24) is 10.6 Å². The second kappa shape index (κ2) is 6.21. The lowest BCUT2D eigenvalue weighted by atomic mass is 10.1. The Morgan fingerprint density at radius 2 is 2.10 bits per heavy atom. The molecule has 0 atom stereocenters. The van der Waals surface area contributed by atoms with E-state index in [1.807, 2.05) is 0 Å². The van der Waals surface area contributed by atoms with Gasteiger partial charge in [-0.25, -0.2) is 0 Å². The standard InChI is InChI=1S/C13H16N4O4/c14-8-1-4-11(17(20)21)10(7-8)13(19)15-6-5-12(18)16-9-2-3-9/h1,4,7,9H,2-3,5-6,14H2,(H,15,19)(H,16,18). The molecule has 2 rings (SSSR count). The number of nitro groups is 1. The fraction of sp³-hybridized carbons (Fsp3) is 0.385. The molecule has 0 aliphatic heterocycles. The van der Waals surface area contributed by atoms with Crippen LogP contribution in [0.4, 0.5) is 11.4 Å². The molecule has 2 amide bonds. The number of nitro benzene ring substituents is 1. The van der Waals surface area contributed by atoms with E-state index >= 15 is 0 Å². The van der Waals surface area contributed by atoms with Crippen molar-refractivity contribution in [3.8, 4) is 0 Å². The van der Waals surface area contributed by atoms with Gasteiger partial charge in [0.15, 0.2) is 0 Å². The Kier molecular flexibility index (Phi) is 4.36. The highest BCUT2D eigenvalue weighted by Gasteiger charge is 2.23. The number of amides is 2. The number of hydrogen-bond donors (Lipinski definition) is 3. The lowest BCUT2D eigenvalue weighted by Crippen LogP contribution is -2.32. The minimum atomic E-state index is -0.645. The van der Waals surface area contributed by atoms with Crippen LogP contribution in [-0.4, -0.2) is 29.3 Å². The summed E-state index contributed by atoms with van der Waals surface area (Å²) < 4.78 is 0. The first-order valence-electron chi connectivity index (χ1n) is 6.59. The Balaban J connectivity index is 1.91. The van der Waals surface area contributed by atoms with Crippen LogP contribution in [0, 0.1) is 10.1 Å². The number of nitrogen functional groups attached to an aromatic ring is 1. The van der Waals surface area contributed by atoms with Gasteiger partial charge in [0.2, 0.25) is 5.91 Å². The van der Waals surface area contributed by atoms with E-state index in [9.17, 15) is 19.7 Å². The first-order chi connectivity index (χ1) is 9.97. The van der Waals surface area contributed by atoms with E-state index in [0.29, 0.717) is 0 Å². The quantitative estimate of drug-likeness (QED) is 0.401. The number of benzene rings is 1. The van der Waals surface area contributed by atoms with Crippen LogP contribution in [0.2, 0.25) is 0 Å². The summed E-state index contributed by atoms with van der Waals surface area (Å²) in [5, 5.41) is 16.1. The molecule has 1 saturated carbocycles. The molecule has 1 fully saturated rings. The van der Waals surface area contributed by atoms with Crippen LogP contribution in [-0.2, 0) is 4.79 Å². The summed E-state index contributed by atoms with van der Waals surface area (Å²) in [4.78, 5) is 33.6. The zero-order valence-electron chi connectivity index (χ0n) is 11.3. The van der Waals surface area contributed by atoms with Gasteiger partial charge >= 0.3 is 0 Å². The second-order valence-corrected chi connectivity index (χ2v) is 4.88. The van der Waals surface area contributed by atoms with Gasteiger partial charge in [-0.15, -0.1) is 0 Å². The molecule has 0 aromatic heterocycles. The third-order valence-electron chi connectivity index (χ3n) is 3.04. The molecule has 1 aliphatic rings. The highest BCUT2D eigenvalue weighted by atomic mass is 16.6. The van der Waals surface area contributed by atoms with Gasteiger partial charge in [0.25, 0.3) is 11.6 Å². The monoisotopic (exact) mass is 292 g/mol. The van der Waals surface area contributed by atoms with Crippen molar-refractivity contribution in [3.05, 3.63) is 33.9 Å². The average Bonchev–Trinajstić information content (AvgIpc) is 3.21. The molecule has 0 heterocycles. The molecule has 0 saturated heterocycles. The normalized spacial score (nSPS) is 13.5. The smallest absolute Gasteiger partial charge is 0.282 e. The third kappa shape index (κ3) is 4.16. The first-order valence-corrected chi connectivity index (χ1v) is 6.59.